The lowest BCUT2D eigenvalue weighted by Crippen LogP contribution is -2.46. The van der Waals surface area contributed by atoms with Gasteiger partial charge in [-0.05, 0) is 37.9 Å². The van der Waals surface area contributed by atoms with E-state index in [0.29, 0.717) is 13.1 Å². The number of hydrogen-bond donors (Lipinski definition) is 1. The van der Waals surface area contributed by atoms with Gasteiger partial charge in [0.25, 0.3) is 0 Å². The Kier molecular flexibility index (Phi) is 4.86. The lowest BCUT2D eigenvalue weighted by molar-refractivity contribution is -0.137. The second kappa shape index (κ2) is 6.43. The first-order chi connectivity index (χ1) is 9.54. The van der Waals surface area contributed by atoms with Gasteiger partial charge in [-0.15, -0.1) is 0 Å². The van der Waals surface area contributed by atoms with Crippen molar-refractivity contribution in [1.29, 1.82) is 0 Å². The van der Waals surface area contributed by atoms with E-state index in [1.165, 1.54) is 12.3 Å². The number of alkyl halides is 3. The largest absolute Gasteiger partial charge is 0.419 e. The van der Waals surface area contributed by atoms with Crippen LogP contribution in [0.2, 0.25) is 0 Å². The summed E-state index contributed by atoms with van der Waals surface area (Å²) in [5.74, 6) is 0.0719. The van der Waals surface area contributed by atoms with Crippen molar-refractivity contribution >= 4 is 5.82 Å². The highest BCUT2D eigenvalue weighted by atomic mass is 19.4. The van der Waals surface area contributed by atoms with E-state index in [0.717, 1.165) is 31.9 Å². The molecule has 6 heteroatoms. The molecule has 3 nitrogen and oxygen atoms in total. The molecule has 2 heterocycles. The molecule has 2 rings (SSSR count). The van der Waals surface area contributed by atoms with Crippen LogP contribution in [0.4, 0.5) is 19.0 Å². The zero-order chi connectivity index (χ0) is 14.6. The van der Waals surface area contributed by atoms with E-state index < -0.39 is 11.7 Å². The van der Waals surface area contributed by atoms with E-state index in [2.05, 4.69) is 10.3 Å². The minimum absolute atomic E-state index is 0.0719. The van der Waals surface area contributed by atoms with Crippen molar-refractivity contribution in [3.63, 3.8) is 0 Å². The maximum atomic E-state index is 13.1. The Morgan fingerprint density at radius 1 is 1.40 bits per heavy atom. The predicted molar refractivity (Wildman–Crippen MR) is 72.8 cm³/mol. The van der Waals surface area contributed by atoms with Crippen LogP contribution >= 0.6 is 0 Å². The number of halogens is 3. The van der Waals surface area contributed by atoms with Gasteiger partial charge < -0.3 is 10.2 Å². The fourth-order valence-corrected chi connectivity index (χ4v) is 2.65. The number of rotatable bonds is 4. The summed E-state index contributed by atoms with van der Waals surface area (Å²) in [6, 6.07) is 2.54. The molecule has 1 aromatic rings. The van der Waals surface area contributed by atoms with Gasteiger partial charge in [0, 0.05) is 25.3 Å². The molecule has 1 unspecified atom stereocenters. The van der Waals surface area contributed by atoms with E-state index in [1.807, 2.05) is 11.8 Å². The summed E-state index contributed by atoms with van der Waals surface area (Å²) in [6.07, 6.45) is -0.0502. The third-order valence-corrected chi connectivity index (χ3v) is 3.62. The SMILES string of the molecule is CCNCC1CCCCN1c1ncccc1C(F)(F)F. The number of hydrogen-bond acceptors (Lipinski definition) is 3. The van der Waals surface area contributed by atoms with Crippen LogP contribution < -0.4 is 10.2 Å². The summed E-state index contributed by atoms with van der Waals surface area (Å²) in [5, 5.41) is 3.23. The van der Waals surface area contributed by atoms with Crippen LogP contribution in [0.5, 0.6) is 0 Å². The summed E-state index contributed by atoms with van der Waals surface area (Å²) in [6.45, 7) is 4.15. The first kappa shape index (κ1) is 15.1. The highest BCUT2D eigenvalue weighted by Gasteiger charge is 2.37. The molecule has 1 saturated heterocycles. The topological polar surface area (TPSA) is 28.2 Å². The summed E-state index contributed by atoms with van der Waals surface area (Å²) in [4.78, 5) is 5.82. The molecule has 20 heavy (non-hydrogen) atoms. The van der Waals surface area contributed by atoms with Crippen molar-refractivity contribution in [2.24, 2.45) is 0 Å². The second-order valence-electron chi connectivity index (χ2n) is 5.02. The summed E-state index contributed by atoms with van der Waals surface area (Å²) in [7, 11) is 0. The molecular formula is C14H20F3N3. The maximum Gasteiger partial charge on any atom is 0.419 e. The lowest BCUT2D eigenvalue weighted by Gasteiger charge is -2.38. The van der Waals surface area contributed by atoms with Crippen LogP contribution in [0.3, 0.4) is 0 Å². The molecule has 0 saturated carbocycles. The van der Waals surface area contributed by atoms with Crippen molar-refractivity contribution in [3.8, 4) is 0 Å². The van der Waals surface area contributed by atoms with Gasteiger partial charge in [0.2, 0.25) is 0 Å². The first-order valence-electron chi connectivity index (χ1n) is 7.03. The molecule has 1 aliphatic heterocycles. The minimum Gasteiger partial charge on any atom is -0.352 e. The number of aromatic nitrogens is 1. The van der Waals surface area contributed by atoms with Gasteiger partial charge in [-0.1, -0.05) is 6.92 Å². The number of likely N-dealkylation sites (N-methyl/N-ethyl adjacent to an activating group) is 1. The van der Waals surface area contributed by atoms with Gasteiger partial charge >= 0.3 is 6.18 Å². The van der Waals surface area contributed by atoms with E-state index in [1.54, 1.807) is 0 Å². The smallest absolute Gasteiger partial charge is 0.352 e. The second-order valence-corrected chi connectivity index (χ2v) is 5.02. The van der Waals surface area contributed by atoms with Crippen molar-refractivity contribution in [3.05, 3.63) is 23.9 Å². The third-order valence-electron chi connectivity index (χ3n) is 3.62. The normalized spacial score (nSPS) is 20.2. The average molecular weight is 287 g/mol. The standard InChI is InChI=1S/C14H20F3N3/c1-2-18-10-11-6-3-4-9-20(11)13-12(14(15,16)17)7-5-8-19-13/h5,7-8,11,18H,2-4,6,9-10H2,1H3. The molecule has 1 N–H and O–H groups in total. The molecule has 0 bridgehead atoms. The van der Waals surface area contributed by atoms with Gasteiger partial charge in [0.15, 0.2) is 0 Å². The van der Waals surface area contributed by atoms with Crippen LogP contribution in [0, 0.1) is 0 Å². The molecular weight excluding hydrogens is 267 g/mol. The highest BCUT2D eigenvalue weighted by molar-refractivity contribution is 5.49. The molecule has 1 fully saturated rings. The molecule has 0 radical (unpaired) electrons. The molecule has 0 amide bonds. The van der Waals surface area contributed by atoms with Crippen molar-refractivity contribution in [2.45, 2.75) is 38.4 Å². The highest BCUT2D eigenvalue weighted by Crippen LogP contribution is 2.37. The maximum absolute atomic E-state index is 13.1. The Morgan fingerprint density at radius 2 is 2.20 bits per heavy atom. The Morgan fingerprint density at radius 3 is 2.90 bits per heavy atom. The minimum atomic E-state index is -4.36. The van der Waals surface area contributed by atoms with Crippen LogP contribution in [0.25, 0.3) is 0 Å². The van der Waals surface area contributed by atoms with Crippen molar-refractivity contribution in [1.82, 2.24) is 10.3 Å². The summed E-state index contributed by atoms with van der Waals surface area (Å²) < 4.78 is 39.3. The molecule has 112 valence electrons. The monoisotopic (exact) mass is 287 g/mol. The molecule has 0 spiro atoms. The lowest BCUT2D eigenvalue weighted by atomic mass is 10.0. The van der Waals surface area contributed by atoms with Crippen molar-refractivity contribution < 1.29 is 13.2 Å². The number of anilines is 1. The molecule has 1 atom stereocenters. The molecule has 0 aromatic carbocycles. The first-order valence-corrected chi connectivity index (χ1v) is 7.03. The Bertz CT molecular complexity index is 434. The molecule has 1 aliphatic rings. The third kappa shape index (κ3) is 3.42. The van der Waals surface area contributed by atoms with Crippen LogP contribution in [-0.2, 0) is 6.18 Å². The molecule has 0 aliphatic carbocycles. The van der Waals surface area contributed by atoms with Gasteiger partial charge in [-0.3, -0.25) is 0 Å². The van der Waals surface area contributed by atoms with Gasteiger partial charge in [-0.25, -0.2) is 4.98 Å². The number of nitrogens with zero attached hydrogens (tertiary/aromatic N) is 2. The average Bonchev–Trinajstić information content (AvgIpc) is 2.44. The number of pyridine rings is 1. The fraction of sp³-hybridized carbons (Fsp3) is 0.643. The van der Waals surface area contributed by atoms with Crippen LogP contribution in [0.15, 0.2) is 18.3 Å². The fourth-order valence-electron chi connectivity index (χ4n) is 2.65. The number of piperidine rings is 1. The van der Waals surface area contributed by atoms with Crippen molar-refractivity contribution in [2.75, 3.05) is 24.5 Å². The quantitative estimate of drug-likeness (QED) is 0.922. The number of nitrogens with one attached hydrogen (secondary N) is 1. The summed E-state index contributed by atoms with van der Waals surface area (Å²) >= 11 is 0. The van der Waals surface area contributed by atoms with E-state index >= 15 is 0 Å². The predicted octanol–water partition coefficient (Wildman–Crippen LogP) is 3.07. The van der Waals surface area contributed by atoms with Crippen LogP contribution in [-0.4, -0.2) is 30.7 Å². The Hall–Kier alpha value is -1.30. The summed E-state index contributed by atoms with van der Waals surface area (Å²) in [5.41, 5.74) is -0.636. The Balaban J connectivity index is 2.28. The van der Waals surface area contributed by atoms with Gasteiger partial charge in [0.05, 0.1) is 5.56 Å². The van der Waals surface area contributed by atoms with Gasteiger partial charge in [0.1, 0.15) is 5.82 Å². The van der Waals surface area contributed by atoms with E-state index in [-0.39, 0.29) is 11.9 Å². The van der Waals surface area contributed by atoms with E-state index in [9.17, 15) is 13.2 Å². The van der Waals surface area contributed by atoms with Gasteiger partial charge in [-0.2, -0.15) is 13.2 Å². The van der Waals surface area contributed by atoms with Crippen LogP contribution in [0.1, 0.15) is 31.7 Å². The molecule has 1 aromatic heterocycles. The zero-order valence-electron chi connectivity index (χ0n) is 11.6. The van der Waals surface area contributed by atoms with E-state index in [4.69, 9.17) is 0 Å². The Labute approximate surface area is 117 Å². The zero-order valence-corrected chi connectivity index (χ0v) is 11.6.